The summed E-state index contributed by atoms with van der Waals surface area (Å²) >= 11 is 0. The van der Waals surface area contributed by atoms with Crippen molar-refractivity contribution in [1.82, 2.24) is 5.16 Å². The molecule has 0 aliphatic carbocycles. The van der Waals surface area contributed by atoms with E-state index in [1.807, 2.05) is 13.0 Å². The molecule has 0 radical (unpaired) electrons. The number of anilines is 1. The van der Waals surface area contributed by atoms with E-state index in [4.69, 9.17) is 15.0 Å². The van der Waals surface area contributed by atoms with Crippen LogP contribution in [0.1, 0.15) is 5.56 Å². The number of phenols is 1. The Bertz CT molecular complexity index is 520. The largest absolute Gasteiger partial charge is 0.504 e. The second kappa shape index (κ2) is 3.77. The van der Waals surface area contributed by atoms with Gasteiger partial charge in [0.1, 0.15) is 0 Å². The molecule has 0 saturated heterocycles. The Kier molecular flexibility index (Phi) is 2.44. The number of aromatic hydroxyl groups is 1. The van der Waals surface area contributed by atoms with Gasteiger partial charge in [-0.3, -0.25) is 0 Å². The summed E-state index contributed by atoms with van der Waals surface area (Å²) in [4.78, 5) is 0. The highest BCUT2D eigenvalue weighted by molar-refractivity contribution is 5.72. The maximum absolute atomic E-state index is 9.98. The third-order valence-corrected chi connectivity index (χ3v) is 2.33. The van der Waals surface area contributed by atoms with Crippen LogP contribution in [0.15, 0.2) is 22.7 Å². The summed E-state index contributed by atoms with van der Waals surface area (Å²) in [6.07, 6.45) is 0. The number of nitrogens with zero attached hydrogens (tertiary/aromatic N) is 1. The van der Waals surface area contributed by atoms with Crippen LogP contribution in [0, 0.1) is 6.92 Å². The summed E-state index contributed by atoms with van der Waals surface area (Å²) < 4.78 is 10.1. The molecule has 2 rings (SSSR count). The van der Waals surface area contributed by atoms with Crippen molar-refractivity contribution < 1.29 is 14.4 Å². The van der Waals surface area contributed by atoms with Crippen LogP contribution < -0.4 is 10.5 Å². The van der Waals surface area contributed by atoms with Gasteiger partial charge >= 0.3 is 0 Å². The minimum absolute atomic E-state index is 0.0265. The van der Waals surface area contributed by atoms with Gasteiger partial charge in [0.15, 0.2) is 23.1 Å². The number of phenolic OH excluding ortho intramolecular Hbond substituents is 1. The number of nitrogen functional groups attached to an aromatic ring is 1. The molecule has 1 aromatic carbocycles. The molecule has 0 fully saturated rings. The van der Waals surface area contributed by atoms with Crippen molar-refractivity contribution in [3.63, 3.8) is 0 Å². The van der Waals surface area contributed by atoms with E-state index in [1.165, 1.54) is 7.11 Å². The number of aryl methyl sites for hydroxylation is 1. The monoisotopic (exact) mass is 220 g/mol. The lowest BCUT2D eigenvalue weighted by atomic mass is 10.1. The zero-order chi connectivity index (χ0) is 11.7. The van der Waals surface area contributed by atoms with Crippen molar-refractivity contribution in [1.29, 1.82) is 0 Å². The molecule has 5 heteroatoms. The molecule has 3 N–H and O–H groups in total. The molecule has 0 saturated carbocycles. The van der Waals surface area contributed by atoms with Gasteiger partial charge in [0.2, 0.25) is 0 Å². The molecule has 1 heterocycles. The summed E-state index contributed by atoms with van der Waals surface area (Å²) in [5.74, 6) is 1.13. The van der Waals surface area contributed by atoms with Gasteiger partial charge < -0.3 is 20.1 Å². The molecule has 16 heavy (non-hydrogen) atoms. The highest BCUT2D eigenvalue weighted by atomic mass is 16.5. The van der Waals surface area contributed by atoms with E-state index in [0.29, 0.717) is 17.1 Å². The molecule has 1 aromatic heterocycles. The van der Waals surface area contributed by atoms with Gasteiger partial charge in [-0.25, -0.2) is 0 Å². The van der Waals surface area contributed by atoms with Gasteiger partial charge in [0.25, 0.3) is 0 Å². The van der Waals surface area contributed by atoms with Gasteiger partial charge in [0, 0.05) is 6.07 Å². The maximum atomic E-state index is 9.98. The van der Waals surface area contributed by atoms with Crippen LogP contribution in [0.3, 0.4) is 0 Å². The molecule has 0 aliphatic rings. The minimum atomic E-state index is 0.0265. The third-order valence-electron chi connectivity index (χ3n) is 2.33. The topological polar surface area (TPSA) is 81.5 Å². The summed E-state index contributed by atoms with van der Waals surface area (Å²) in [5.41, 5.74) is 6.80. The molecular formula is C11H12N2O3. The van der Waals surface area contributed by atoms with Crippen molar-refractivity contribution in [2.45, 2.75) is 6.92 Å². The Morgan fingerprint density at radius 2 is 2.19 bits per heavy atom. The van der Waals surface area contributed by atoms with E-state index in [2.05, 4.69) is 5.16 Å². The van der Waals surface area contributed by atoms with Crippen LogP contribution in [-0.2, 0) is 0 Å². The first-order valence-corrected chi connectivity index (χ1v) is 4.72. The Labute approximate surface area is 92.4 Å². The van der Waals surface area contributed by atoms with E-state index in [9.17, 15) is 5.11 Å². The van der Waals surface area contributed by atoms with Crippen LogP contribution in [0.25, 0.3) is 11.3 Å². The standard InChI is InChI=1S/C11H12N2O3/c1-6-3-4-7(10(14)11(6)15-2)8-5-9(12)13-16-8/h3-5,14H,1-2H3,(H2,12,13). The van der Waals surface area contributed by atoms with Crippen molar-refractivity contribution in [3.05, 3.63) is 23.8 Å². The predicted octanol–water partition coefficient (Wildman–Crippen LogP) is 1.95. The van der Waals surface area contributed by atoms with Gasteiger partial charge in [-0.2, -0.15) is 0 Å². The van der Waals surface area contributed by atoms with Crippen molar-refractivity contribution >= 4 is 5.82 Å². The number of rotatable bonds is 2. The molecule has 5 nitrogen and oxygen atoms in total. The number of methoxy groups -OCH3 is 1. The molecule has 0 atom stereocenters. The fourth-order valence-corrected chi connectivity index (χ4v) is 1.54. The highest BCUT2D eigenvalue weighted by Gasteiger charge is 2.15. The lowest BCUT2D eigenvalue weighted by molar-refractivity contribution is 0.369. The molecule has 0 spiro atoms. The molecule has 0 unspecified atom stereocenters. The quantitative estimate of drug-likeness (QED) is 0.808. The van der Waals surface area contributed by atoms with Crippen molar-refractivity contribution in [2.75, 3.05) is 12.8 Å². The van der Waals surface area contributed by atoms with Gasteiger partial charge in [0.05, 0.1) is 12.7 Å². The first-order valence-electron chi connectivity index (χ1n) is 4.72. The lowest BCUT2D eigenvalue weighted by Gasteiger charge is -2.09. The second-order valence-electron chi connectivity index (χ2n) is 3.43. The molecular weight excluding hydrogens is 208 g/mol. The van der Waals surface area contributed by atoms with Gasteiger partial charge in [-0.1, -0.05) is 11.2 Å². The normalized spacial score (nSPS) is 10.4. The predicted molar refractivity (Wildman–Crippen MR) is 59.3 cm³/mol. The number of benzene rings is 1. The van der Waals surface area contributed by atoms with E-state index >= 15 is 0 Å². The highest BCUT2D eigenvalue weighted by Crippen LogP contribution is 2.39. The van der Waals surface area contributed by atoms with Crippen molar-refractivity contribution in [2.24, 2.45) is 0 Å². The lowest BCUT2D eigenvalue weighted by Crippen LogP contribution is -1.89. The summed E-state index contributed by atoms with van der Waals surface area (Å²) in [6.45, 7) is 1.84. The van der Waals surface area contributed by atoms with Crippen LogP contribution in [0.2, 0.25) is 0 Å². The van der Waals surface area contributed by atoms with Crippen LogP contribution in [0.5, 0.6) is 11.5 Å². The van der Waals surface area contributed by atoms with Gasteiger partial charge in [-0.15, -0.1) is 0 Å². The van der Waals surface area contributed by atoms with Gasteiger partial charge in [-0.05, 0) is 18.6 Å². The molecule has 0 aliphatic heterocycles. The number of aromatic nitrogens is 1. The van der Waals surface area contributed by atoms with E-state index < -0.39 is 0 Å². The fourth-order valence-electron chi connectivity index (χ4n) is 1.54. The summed E-state index contributed by atoms with van der Waals surface area (Å²) in [7, 11) is 1.50. The zero-order valence-corrected chi connectivity index (χ0v) is 9.02. The number of hydrogen-bond donors (Lipinski definition) is 2. The fraction of sp³-hybridized carbons (Fsp3) is 0.182. The molecule has 0 bridgehead atoms. The molecule has 2 aromatic rings. The van der Waals surface area contributed by atoms with E-state index in [-0.39, 0.29) is 11.6 Å². The third kappa shape index (κ3) is 1.56. The molecule has 84 valence electrons. The van der Waals surface area contributed by atoms with E-state index in [0.717, 1.165) is 5.56 Å². The van der Waals surface area contributed by atoms with Crippen LogP contribution >= 0.6 is 0 Å². The number of ether oxygens (including phenoxy) is 1. The maximum Gasteiger partial charge on any atom is 0.172 e. The van der Waals surface area contributed by atoms with Crippen LogP contribution in [-0.4, -0.2) is 17.4 Å². The van der Waals surface area contributed by atoms with E-state index in [1.54, 1.807) is 12.1 Å². The summed E-state index contributed by atoms with van der Waals surface area (Å²) in [5, 5.41) is 13.5. The average Bonchev–Trinajstić information content (AvgIpc) is 2.65. The zero-order valence-electron chi connectivity index (χ0n) is 9.02. The Morgan fingerprint density at radius 1 is 1.44 bits per heavy atom. The Balaban J connectivity index is 2.58. The Morgan fingerprint density at radius 3 is 2.75 bits per heavy atom. The first-order chi connectivity index (χ1) is 7.63. The summed E-state index contributed by atoms with van der Waals surface area (Å²) in [6, 6.07) is 5.10. The minimum Gasteiger partial charge on any atom is -0.504 e. The average molecular weight is 220 g/mol. The SMILES string of the molecule is COc1c(C)ccc(-c2cc(N)no2)c1O. The second-order valence-corrected chi connectivity index (χ2v) is 3.43. The number of hydrogen-bond acceptors (Lipinski definition) is 5. The molecule has 0 amide bonds. The smallest absolute Gasteiger partial charge is 0.172 e. The first kappa shape index (κ1) is 10.4. The Hall–Kier alpha value is -2.17. The van der Waals surface area contributed by atoms with Crippen LogP contribution in [0.4, 0.5) is 5.82 Å². The van der Waals surface area contributed by atoms with Crippen molar-refractivity contribution in [3.8, 4) is 22.8 Å². The number of nitrogens with two attached hydrogens (primary N) is 1.